The van der Waals surface area contributed by atoms with Crippen molar-refractivity contribution in [2.75, 3.05) is 27.4 Å². The van der Waals surface area contributed by atoms with Crippen LogP contribution in [-0.2, 0) is 15.1 Å². The van der Waals surface area contributed by atoms with Crippen LogP contribution in [0.5, 0.6) is 11.5 Å². The molecule has 1 fully saturated rings. The number of rotatable bonds is 11. The Morgan fingerprint density at radius 1 is 0.857 bits per heavy atom. The Morgan fingerprint density at radius 2 is 1.43 bits per heavy atom. The van der Waals surface area contributed by atoms with Crippen LogP contribution in [0, 0.1) is 5.92 Å². The molecule has 3 N–H and O–H groups in total. The monoisotopic (exact) mass is 574 g/mol. The molecule has 5 rings (SSSR count). The summed E-state index contributed by atoms with van der Waals surface area (Å²) in [4.78, 5) is 26.1. The summed E-state index contributed by atoms with van der Waals surface area (Å²) < 4.78 is 24.9. The number of hydrogen-bond acceptors (Lipinski definition) is 8. The van der Waals surface area contributed by atoms with E-state index in [-0.39, 0.29) is 13.2 Å². The number of aromatic amines is 1. The van der Waals surface area contributed by atoms with Crippen molar-refractivity contribution in [3.63, 3.8) is 0 Å². The van der Waals surface area contributed by atoms with Gasteiger partial charge < -0.3 is 29.2 Å². The molecule has 220 valence electrons. The van der Waals surface area contributed by atoms with Crippen LogP contribution in [0.3, 0.4) is 0 Å². The number of nitrogens with zero attached hydrogens (tertiary/aromatic N) is 1. The van der Waals surface area contributed by atoms with E-state index in [2.05, 4.69) is 4.98 Å². The third-order valence-electron chi connectivity index (χ3n) is 7.75. The highest BCUT2D eigenvalue weighted by Crippen LogP contribution is 2.42. The first kappa shape index (κ1) is 29.3. The largest absolute Gasteiger partial charge is 0.497 e. The minimum atomic E-state index is -1.18. The molecular formula is C32H34N2O8. The number of methoxy groups -OCH3 is 2. The summed E-state index contributed by atoms with van der Waals surface area (Å²) in [6.45, 7) is -0.185. The number of aliphatic hydroxyl groups excluding tert-OH is 2. The standard InChI is InChI=1S/C32H34N2O8/c1-39-24-12-8-22(9-13-24)32(21-6-4-3-5-7-21,23-10-14-25(40-2)15-11-23)41-19-17-27-26(20-35)29(37)30(42-27)34-18-16-28(36)33-31(34)38/h3-16,18,26-27,29-30,35,37H,17,19-20H2,1-2H3,(H,33,36,38)/t26-,27-,29-,30-/m1/s1. The average Bonchev–Trinajstić information content (AvgIpc) is 3.34. The van der Waals surface area contributed by atoms with Crippen LogP contribution in [0.4, 0.5) is 0 Å². The number of hydrogen-bond donors (Lipinski definition) is 3. The van der Waals surface area contributed by atoms with Gasteiger partial charge in [-0.1, -0.05) is 54.6 Å². The van der Waals surface area contributed by atoms with Crippen molar-refractivity contribution < 1.29 is 29.2 Å². The van der Waals surface area contributed by atoms with Crippen molar-refractivity contribution in [1.82, 2.24) is 9.55 Å². The van der Waals surface area contributed by atoms with E-state index in [9.17, 15) is 19.8 Å². The van der Waals surface area contributed by atoms with Gasteiger partial charge >= 0.3 is 5.69 Å². The van der Waals surface area contributed by atoms with Crippen molar-refractivity contribution in [2.24, 2.45) is 5.92 Å². The lowest BCUT2D eigenvalue weighted by Crippen LogP contribution is -2.36. The molecular weight excluding hydrogens is 540 g/mol. The van der Waals surface area contributed by atoms with Crippen LogP contribution in [0.2, 0.25) is 0 Å². The van der Waals surface area contributed by atoms with Gasteiger partial charge in [0.2, 0.25) is 0 Å². The highest BCUT2D eigenvalue weighted by molar-refractivity contribution is 5.49. The lowest BCUT2D eigenvalue weighted by Gasteiger charge is -2.36. The Hall–Kier alpha value is -4.22. The number of nitrogens with one attached hydrogen (secondary N) is 1. The second-order valence-electron chi connectivity index (χ2n) is 10.1. The van der Waals surface area contributed by atoms with Crippen LogP contribution in [0.25, 0.3) is 0 Å². The summed E-state index contributed by atoms with van der Waals surface area (Å²) in [6.07, 6.45) is -1.30. The molecule has 2 heterocycles. The molecule has 1 saturated heterocycles. The third kappa shape index (κ3) is 5.62. The molecule has 4 atom stereocenters. The smallest absolute Gasteiger partial charge is 0.330 e. The summed E-state index contributed by atoms with van der Waals surface area (Å²) in [5, 5.41) is 21.1. The minimum absolute atomic E-state index is 0.175. The summed E-state index contributed by atoms with van der Waals surface area (Å²) >= 11 is 0. The van der Waals surface area contributed by atoms with Crippen LogP contribution in [-0.4, -0.2) is 59.4 Å². The van der Waals surface area contributed by atoms with Crippen molar-refractivity contribution in [2.45, 2.75) is 30.5 Å². The summed E-state index contributed by atoms with van der Waals surface area (Å²) in [5.74, 6) is 0.738. The first-order valence-electron chi connectivity index (χ1n) is 13.7. The summed E-state index contributed by atoms with van der Waals surface area (Å²) in [6, 6.07) is 26.4. The lowest BCUT2D eigenvalue weighted by atomic mass is 9.80. The number of ether oxygens (including phenoxy) is 4. The number of aromatic nitrogens is 2. The average molecular weight is 575 g/mol. The van der Waals surface area contributed by atoms with Gasteiger partial charge in [-0.05, 0) is 47.4 Å². The Bertz CT molecular complexity index is 1520. The van der Waals surface area contributed by atoms with Crippen LogP contribution < -0.4 is 20.7 Å². The topological polar surface area (TPSA) is 132 Å². The molecule has 3 aromatic carbocycles. The van der Waals surface area contributed by atoms with Crippen LogP contribution in [0.1, 0.15) is 29.3 Å². The van der Waals surface area contributed by atoms with E-state index >= 15 is 0 Å². The van der Waals surface area contributed by atoms with Crippen molar-refractivity contribution in [1.29, 1.82) is 0 Å². The number of aliphatic hydroxyl groups is 2. The molecule has 4 aromatic rings. The van der Waals surface area contributed by atoms with Crippen LogP contribution in [0.15, 0.2) is 101 Å². The fraction of sp³-hybridized carbons (Fsp3) is 0.312. The quantitative estimate of drug-likeness (QED) is 0.233. The first-order valence-corrected chi connectivity index (χ1v) is 13.7. The zero-order valence-corrected chi connectivity index (χ0v) is 23.4. The fourth-order valence-corrected chi connectivity index (χ4v) is 5.56. The van der Waals surface area contributed by atoms with Gasteiger partial charge in [0.1, 0.15) is 23.2 Å². The molecule has 0 amide bonds. The van der Waals surface area contributed by atoms with Crippen LogP contribution >= 0.6 is 0 Å². The molecule has 42 heavy (non-hydrogen) atoms. The Kier molecular flexibility index (Phi) is 8.89. The second-order valence-corrected chi connectivity index (χ2v) is 10.1. The number of H-pyrrole nitrogens is 1. The van der Waals surface area contributed by atoms with E-state index in [1.54, 1.807) is 14.2 Å². The highest BCUT2D eigenvalue weighted by atomic mass is 16.5. The first-order chi connectivity index (χ1) is 20.4. The maximum atomic E-state index is 12.4. The third-order valence-corrected chi connectivity index (χ3v) is 7.75. The van der Waals surface area contributed by atoms with Gasteiger partial charge in [-0.2, -0.15) is 0 Å². The van der Waals surface area contributed by atoms with Crippen molar-refractivity contribution in [3.8, 4) is 11.5 Å². The fourth-order valence-electron chi connectivity index (χ4n) is 5.56. The minimum Gasteiger partial charge on any atom is -0.497 e. The van der Waals surface area contributed by atoms with Gasteiger partial charge in [0.05, 0.1) is 33.5 Å². The van der Waals surface area contributed by atoms with Gasteiger partial charge in [0.25, 0.3) is 5.56 Å². The maximum Gasteiger partial charge on any atom is 0.330 e. The highest BCUT2D eigenvalue weighted by Gasteiger charge is 2.45. The summed E-state index contributed by atoms with van der Waals surface area (Å²) in [7, 11) is 3.23. The molecule has 0 spiro atoms. The molecule has 0 saturated carbocycles. The lowest BCUT2D eigenvalue weighted by molar-refractivity contribution is -0.0588. The normalized spacial score (nSPS) is 20.4. The van der Waals surface area contributed by atoms with Gasteiger partial charge in [-0.25, -0.2) is 4.79 Å². The SMILES string of the molecule is COc1ccc(C(OCC[C@H]2O[C@@H](n3ccc(=O)[nH]c3=O)[C@H](O)[C@@H]2CO)(c2ccccc2)c2ccc(OC)cc2)cc1. The maximum absolute atomic E-state index is 12.4. The molecule has 1 aromatic heterocycles. The zero-order valence-electron chi connectivity index (χ0n) is 23.4. The Morgan fingerprint density at radius 3 is 1.95 bits per heavy atom. The van der Waals surface area contributed by atoms with E-state index in [4.69, 9.17) is 18.9 Å². The zero-order chi connectivity index (χ0) is 29.7. The predicted molar refractivity (Wildman–Crippen MR) is 155 cm³/mol. The molecule has 0 unspecified atom stereocenters. The van der Waals surface area contributed by atoms with E-state index < -0.39 is 41.2 Å². The molecule has 0 radical (unpaired) electrons. The Labute approximate surface area is 242 Å². The molecule has 10 heteroatoms. The van der Waals surface area contributed by atoms with Gasteiger partial charge in [-0.15, -0.1) is 0 Å². The molecule has 0 bridgehead atoms. The van der Waals surface area contributed by atoms with E-state index in [1.807, 2.05) is 78.9 Å². The predicted octanol–water partition coefficient (Wildman–Crippen LogP) is 2.82. The molecule has 1 aliphatic heterocycles. The second kappa shape index (κ2) is 12.7. The van der Waals surface area contributed by atoms with Gasteiger partial charge in [0, 0.05) is 18.2 Å². The number of benzene rings is 3. The van der Waals surface area contributed by atoms with E-state index in [0.717, 1.165) is 21.3 Å². The van der Waals surface area contributed by atoms with Crippen molar-refractivity contribution >= 4 is 0 Å². The van der Waals surface area contributed by atoms with Gasteiger partial charge in [-0.3, -0.25) is 14.3 Å². The van der Waals surface area contributed by atoms with E-state index in [0.29, 0.717) is 17.9 Å². The van der Waals surface area contributed by atoms with Crippen molar-refractivity contribution in [3.05, 3.63) is 129 Å². The Balaban J connectivity index is 1.49. The summed E-state index contributed by atoms with van der Waals surface area (Å²) in [5.41, 5.74) is 0.320. The van der Waals surface area contributed by atoms with Gasteiger partial charge in [0.15, 0.2) is 6.23 Å². The van der Waals surface area contributed by atoms with E-state index in [1.165, 1.54) is 12.3 Å². The molecule has 1 aliphatic rings. The molecule has 10 nitrogen and oxygen atoms in total. The molecule has 0 aliphatic carbocycles.